The number of benzene rings is 1. The Morgan fingerprint density at radius 2 is 1.76 bits per heavy atom. The quantitative estimate of drug-likeness (QED) is 0.350. The van der Waals surface area contributed by atoms with Crippen molar-refractivity contribution < 1.29 is 9.21 Å². The molecule has 7 heteroatoms. The number of aldehydes is 1. The number of nitrogens with zero attached hydrogens (tertiary/aromatic N) is 3. The predicted octanol–water partition coefficient (Wildman–Crippen LogP) is 4.66. The largest absolute Gasteiger partial charge is 0.438 e. The van der Waals surface area contributed by atoms with Gasteiger partial charge in [-0.15, -0.1) is 0 Å². The Morgan fingerprint density at radius 1 is 1.00 bits per heavy atom. The lowest BCUT2D eigenvalue weighted by atomic mass is 10.1. The maximum atomic E-state index is 12.7. The molecule has 1 fully saturated rings. The number of piperazine rings is 1. The number of aryl methyl sites for hydroxylation is 1. The van der Waals surface area contributed by atoms with Crippen molar-refractivity contribution in [2.75, 3.05) is 36.0 Å². The van der Waals surface area contributed by atoms with Crippen molar-refractivity contribution in [3.63, 3.8) is 0 Å². The van der Waals surface area contributed by atoms with E-state index in [0.717, 1.165) is 66.5 Å². The maximum absolute atomic E-state index is 12.7. The molecule has 0 atom stereocenters. The van der Waals surface area contributed by atoms with Crippen molar-refractivity contribution in [3.05, 3.63) is 87.9 Å². The number of aliphatic imine (C=N–C) groups is 1. The molecule has 2 aliphatic heterocycles. The second kappa shape index (κ2) is 9.02. The van der Waals surface area contributed by atoms with Crippen LogP contribution < -0.4 is 15.4 Å². The number of carbonyl (C=O) groups excluding carboxylic acids is 1. The molecule has 1 saturated heterocycles. The Hall–Kier alpha value is -4.13. The third kappa shape index (κ3) is 4.12. The Kier molecular flexibility index (Phi) is 5.76. The van der Waals surface area contributed by atoms with E-state index in [-0.39, 0.29) is 5.56 Å². The Bertz CT molecular complexity index is 1390. The standard InChI is InChI=1S/C27H26N4O3/c1-18-8-9-20(30-12-14-31(15-13-30)25-11-10-21(17-32)34-25)16-24(18)28-19(2)26-22-6-4-3-5-7-23(22)29-27(26)33/h3-11,16-17H,12-15H2,1-2H3,(H,29,33)/b28-19+. The number of hydrogen-bond acceptors (Lipinski definition) is 6. The molecular formula is C27H26N4O3. The van der Waals surface area contributed by atoms with E-state index >= 15 is 0 Å². The number of aromatic nitrogens is 1. The van der Waals surface area contributed by atoms with Crippen molar-refractivity contribution in [2.45, 2.75) is 13.8 Å². The highest BCUT2D eigenvalue weighted by Gasteiger charge is 2.21. The maximum Gasteiger partial charge on any atom is 0.258 e. The van der Waals surface area contributed by atoms with Crippen molar-refractivity contribution in [1.29, 1.82) is 0 Å². The van der Waals surface area contributed by atoms with Crippen LogP contribution in [-0.4, -0.2) is 43.2 Å². The van der Waals surface area contributed by atoms with Crippen LogP contribution in [0.15, 0.2) is 74.9 Å². The number of hydrogen-bond donors (Lipinski definition) is 1. The van der Waals surface area contributed by atoms with E-state index in [0.29, 0.717) is 17.0 Å². The predicted molar refractivity (Wildman–Crippen MR) is 135 cm³/mol. The summed E-state index contributed by atoms with van der Waals surface area (Å²) in [4.78, 5) is 35.8. The van der Waals surface area contributed by atoms with Crippen molar-refractivity contribution in [2.24, 2.45) is 4.99 Å². The second-order valence-electron chi connectivity index (χ2n) is 8.50. The lowest BCUT2D eigenvalue weighted by Crippen LogP contribution is -2.46. The number of furan rings is 1. The minimum atomic E-state index is -0.122. The monoisotopic (exact) mass is 454 g/mol. The first-order chi connectivity index (χ1) is 16.5. The molecule has 0 radical (unpaired) electrons. The van der Waals surface area contributed by atoms with Gasteiger partial charge in [0.15, 0.2) is 17.9 Å². The minimum absolute atomic E-state index is 0.122. The number of fused-ring (bicyclic) bond motifs is 1. The molecule has 3 heterocycles. The number of anilines is 2. The van der Waals surface area contributed by atoms with Crippen LogP contribution in [0.1, 0.15) is 28.6 Å². The van der Waals surface area contributed by atoms with Gasteiger partial charge < -0.3 is 19.2 Å². The Labute approximate surface area is 197 Å². The smallest absolute Gasteiger partial charge is 0.258 e. The molecule has 3 aliphatic rings. The van der Waals surface area contributed by atoms with Crippen molar-refractivity contribution in [3.8, 4) is 11.3 Å². The van der Waals surface area contributed by atoms with Crippen molar-refractivity contribution >= 4 is 29.3 Å². The Balaban J connectivity index is 1.38. The number of carbonyl (C=O) groups is 1. The van der Waals surface area contributed by atoms with Gasteiger partial charge in [0.1, 0.15) is 0 Å². The highest BCUT2D eigenvalue weighted by Crippen LogP contribution is 2.29. The van der Waals surface area contributed by atoms with Gasteiger partial charge >= 0.3 is 0 Å². The molecule has 5 rings (SSSR count). The van der Waals surface area contributed by atoms with E-state index < -0.39 is 0 Å². The van der Waals surface area contributed by atoms with Crippen LogP contribution in [-0.2, 0) is 0 Å². The molecule has 7 nitrogen and oxygen atoms in total. The second-order valence-corrected chi connectivity index (χ2v) is 8.50. The summed E-state index contributed by atoms with van der Waals surface area (Å²) in [5.74, 6) is 1.08. The first kappa shape index (κ1) is 21.7. The van der Waals surface area contributed by atoms with E-state index in [4.69, 9.17) is 9.41 Å². The molecule has 1 aliphatic carbocycles. The summed E-state index contributed by atoms with van der Waals surface area (Å²) in [6.45, 7) is 7.16. The zero-order valence-electron chi connectivity index (χ0n) is 19.2. The normalized spacial score (nSPS) is 14.6. The third-order valence-electron chi connectivity index (χ3n) is 6.31. The summed E-state index contributed by atoms with van der Waals surface area (Å²) in [7, 11) is 0. The highest BCUT2D eigenvalue weighted by atomic mass is 16.4. The van der Waals surface area contributed by atoms with Gasteiger partial charge in [-0.1, -0.05) is 30.3 Å². The van der Waals surface area contributed by atoms with E-state index in [1.54, 1.807) is 6.07 Å². The number of aromatic amines is 1. The van der Waals surface area contributed by atoms with Gasteiger partial charge in [-0.25, -0.2) is 0 Å². The van der Waals surface area contributed by atoms with E-state index in [2.05, 4.69) is 33.0 Å². The van der Waals surface area contributed by atoms with Crippen LogP contribution in [0.2, 0.25) is 0 Å². The molecule has 0 bridgehead atoms. The van der Waals surface area contributed by atoms with Crippen LogP contribution in [0, 0.1) is 6.92 Å². The first-order valence-corrected chi connectivity index (χ1v) is 11.4. The fourth-order valence-corrected chi connectivity index (χ4v) is 4.45. The van der Waals surface area contributed by atoms with Crippen molar-refractivity contribution in [1.82, 2.24) is 4.98 Å². The number of rotatable bonds is 5. The zero-order chi connectivity index (χ0) is 23.7. The highest BCUT2D eigenvalue weighted by molar-refractivity contribution is 6.05. The average molecular weight is 455 g/mol. The summed E-state index contributed by atoms with van der Waals surface area (Å²) in [6, 6.07) is 19.4. The molecule has 0 saturated carbocycles. The molecule has 0 spiro atoms. The van der Waals surface area contributed by atoms with Gasteiger partial charge in [0.05, 0.1) is 17.0 Å². The topological polar surface area (TPSA) is 81.9 Å². The Morgan fingerprint density at radius 3 is 2.53 bits per heavy atom. The van der Waals surface area contributed by atoms with Gasteiger partial charge in [-0.05, 0) is 43.7 Å². The number of nitrogens with one attached hydrogen (secondary N) is 1. The summed E-state index contributed by atoms with van der Waals surface area (Å²) in [5, 5.41) is 0. The third-order valence-corrected chi connectivity index (χ3v) is 6.31. The summed E-state index contributed by atoms with van der Waals surface area (Å²) < 4.78 is 5.57. The molecule has 2 aromatic rings. The molecule has 1 N–H and O–H groups in total. The SMILES string of the molecule is C/C(=N\c1cc(N2CCN(c3ccc(C=O)o3)CC2)ccc1C)c1c2cccccc-2[nH]c1=O. The van der Waals surface area contributed by atoms with Gasteiger partial charge in [0.2, 0.25) is 0 Å². The van der Waals surface area contributed by atoms with E-state index in [9.17, 15) is 9.59 Å². The van der Waals surface area contributed by atoms with Crippen LogP contribution in [0.3, 0.4) is 0 Å². The van der Waals surface area contributed by atoms with Crippen LogP contribution in [0.4, 0.5) is 17.3 Å². The van der Waals surface area contributed by atoms with Gasteiger partial charge in [-0.3, -0.25) is 14.6 Å². The van der Waals surface area contributed by atoms with Gasteiger partial charge in [-0.2, -0.15) is 0 Å². The van der Waals surface area contributed by atoms with Crippen LogP contribution in [0.25, 0.3) is 11.3 Å². The average Bonchev–Trinajstić information content (AvgIpc) is 3.38. The summed E-state index contributed by atoms with van der Waals surface area (Å²) in [5.41, 5.74) is 5.86. The molecular weight excluding hydrogens is 428 g/mol. The lowest BCUT2D eigenvalue weighted by molar-refractivity contribution is 0.110. The number of H-pyrrole nitrogens is 1. The lowest BCUT2D eigenvalue weighted by Gasteiger charge is -2.36. The molecule has 1 aromatic heterocycles. The minimum Gasteiger partial charge on any atom is -0.438 e. The van der Waals surface area contributed by atoms with Crippen LogP contribution >= 0.6 is 0 Å². The van der Waals surface area contributed by atoms with E-state index in [1.165, 1.54) is 0 Å². The summed E-state index contributed by atoms with van der Waals surface area (Å²) >= 11 is 0. The van der Waals surface area contributed by atoms with Gasteiger partial charge in [0.25, 0.3) is 5.56 Å². The molecule has 34 heavy (non-hydrogen) atoms. The molecule has 172 valence electrons. The first-order valence-electron chi connectivity index (χ1n) is 11.4. The zero-order valence-corrected chi connectivity index (χ0v) is 19.2. The fourth-order valence-electron chi connectivity index (χ4n) is 4.45. The molecule has 0 amide bonds. The molecule has 1 aromatic carbocycles. The van der Waals surface area contributed by atoms with E-state index in [1.807, 2.05) is 50.2 Å². The molecule has 0 unspecified atom stereocenters. The van der Waals surface area contributed by atoms with Gasteiger partial charge in [0, 0.05) is 49.2 Å². The summed E-state index contributed by atoms with van der Waals surface area (Å²) in [6.07, 6.45) is 0.724. The van der Waals surface area contributed by atoms with Crippen LogP contribution in [0.5, 0.6) is 0 Å². The fraction of sp³-hybridized carbons (Fsp3) is 0.222.